The Kier molecular flexibility index (Phi) is 2.23. The Bertz CT molecular complexity index is 142. The molecule has 1 rings (SSSR count). The van der Waals surface area contributed by atoms with Crippen LogP contribution in [0.25, 0.3) is 0 Å². The van der Waals surface area contributed by atoms with E-state index in [0.717, 1.165) is 19.4 Å². The van der Waals surface area contributed by atoms with Crippen molar-refractivity contribution < 1.29 is 4.39 Å². The third kappa shape index (κ3) is 1.68. The quantitative estimate of drug-likeness (QED) is 0.547. The van der Waals surface area contributed by atoms with Crippen LogP contribution in [0.3, 0.4) is 0 Å². The first-order valence-corrected chi connectivity index (χ1v) is 3.58. The molecule has 0 aromatic carbocycles. The predicted octanol–water partition coefficient (Wildman–Crippen LogP) is 0.992. The lowest BCUT2D eigenvalue weighted by molar-refractivity contribution is 0.226. The summed E-state index contributed by atoms with van der Waals surface area (Å²) < 4.78 is 13.1. The minimum Gasteiger partial charge on any atom is -0.313 e. The van der Waals surface area contributed by atoms with Gasteiger partial charge in [0.25, 0.3) is 0 Å². The molecule has 0 radical (unpaired) electrons. The molecule has 0 bridgehead atoms. The van der Waals surface area contributed by atoms with E-state index in [4.69, 9.17) is 5.26 Å². The molecule has 3 heteroatoms. The van der Waals surface area contributed by atoms with Gasteiger partial charge >= 0.3 is 0 Å². The summed E-state index contributed by atoms with van der Waals surface area (Å²) in [5.41, 5.74) is -1.60. The molecule has 0 aliphatic carbocycles. The second-order valence-electron chi connectivity index (χ2n) is 2.71. The van der Waals surface area contributed by atoms with Gasteiger partial charge in [0.2, 0.25) is 5.67 Å². The first-order valence-electron chi connectivity index (χ1n) is 3.58. The van der Waals surface area contributed by atoms with Gasteiger partial charge in [0, 0.05) is 6.54 Å². The fourth-order valence-electron chi connectivity index (χ4n) is 1.13. The minimum absolute atomic E-state index is 0.198. The third-order valence-electron chi connectivity index (χ3n) is 1.78. The highest BCUT2D eigenvalue weighted by atomic mass is 19.1. The van der Waals surface area contributed by atoms with Crippen LogP contribution in [0.1, 0.15) is 19.3 Å². The Hall–Kier alpha value is -0.620. The average molecular weight is 142 g/mol. The van der Waals surface area contributed by atoms with Gasteiger partial charge in [-0.25, -0.2) is 4.39 Å². The van der Waals surface area contributed by atoms with Gasteiger partial charge in [0.05, 0.1) is 0 Å². The number of alkyl halides is 1. The molecule has 1 fully saturated rings. The molecule has 1 unspecified atom stereocenters. The van der Waals surface area contributed by atoms with Gasteiger partial charge in [-0.15, -0.1) is 0 Å². The monoisotopic (exact) mass is 142 g/mol. The van der Waals surface area contributed by atoms with Crippen molar-refractivity contribution in [3.63, 3.8) is 0 Å². The predicted molar refractivity (Wildman–Crippen MR) is 36.2 cm³/mol. The normalized spacial score (nSPS) is 34.4. The maximum absolute atomic E-state index is 13.1. The summed E-state index contributed by atoms with van der Waals surface area (Å²) in [6, 6.07) is 1.69. The first-order chi connectivity index (χ1) is 4.77. The topological polar surface area (TPSA) is 35.8 Å². The molecule has 1 atom stereocenters. The summed E-state index contributed by atoms with van der Waals surface area (Å²) in [6.45, 7) is 1.04. The second-order valence-corrected chi connectivity index (χ2v) is 2.71. The molecule has 1 heterocycles. The third-order valence-corrected chi connectivity index (χ3v) is 1.78. The lowest BCUT2D eigenvalue weighted by Crippen LogP contribution is -2.32. The van der Waals surface area contributed by atoms with Gasteiger partial charge < -0.3 is 5.32 Å². The van der Waals surface area contributed by atoms with Crippen molar-refractivity contribution in [2.24, 2.45) is 0 Å². The molecule has 56 valence electrons. The van der Waals surface area contributed by atoms with E-state index in [-0.39, 0.29) is 6.54 Å². The van der Waals surface area contributed by atoms with Crippen LogP contribution in [-0.4, -0.2) is 18.8 Å². The number of rotatable bonds is 0. The van der Waals surface area contributed by atoms with Crippen LogP contribution in [0.4, 0.5) is 4.39 Å². The number of nitrogens with zero attached hydrogens (tertiary/aromatic N) is 1. The van der Waals surface area contributed by atoms with E-state index in [1.807, 2.05) is 0 Å². The molecule has 1 saturated heterocycles. The van der Waals surface area contributed by atoms with Gasteiger partial charge in [-0.1, -0.05) is 0 Å². The molecular weight excluding hydrogens is 131 g/mol. The number of nitrogens with one attached hydrogen (secondary N) is 1. The van der Waals surface area contributed by atoms with Crippen LogP contribution >= 0.6 is 0 Å². The zero-order valence-electron chi connectivity index (χ0n) is 5.86. The van der Waals surface area contributed by atoms with E-state index in [2.05, 4.69) is 5.32 Å². The Balaban J connectivity index is 2.51. The second kappa shape index (κ2) is 2.98. The average Bonchev–Trinajstić information content (AvgIpc) is 2.15. The standard InChI is InChI=1S/C7H11FN2/c8-7(5-9)3-1-2-4-10-6-7/h10H,1-4,6H2. The van der Waals surface area contributed by atoms with Crippen LogP contribution in [0.15, 0.2) is 0 Å². The molecule has 1 aliphatic rings. The molecule has 10 heavy (non-hydrogen) atoms. The van der Waals surface area contributed by atoms with Crippen molar-refractivity contribution in [3.8, 4) is 6.07 Å². The van der Waals surface area contributed by atoms with Crippen LogP contribution in [0.2, 0.25) is 0 Å². The van der Waals surface area contributed by atoms with E-state index in [9.17, 15) is 4.39 Å². The van der Waals surface area contributed by atoms with Gasteiger partial charge in [-0.3, -0.25) is 0 Å². The van der Waals surface area contributed by atoms with Crippen molar-refractivity contribution in [1.82, 2.24) is 5.32 Å². The van der Waals surface area contributed by atoms with Gasteiger partial charge in [-0.2, -0.15) is 5.26 Å². The van der Waals surface area contributed by atoms with E-state index in [0.29, 0.717) is 6.42 Å². The summed E-state index contributed by atoms with van der Waals surface area (Å²) in [7, 11) is 0. The minimum atomic E-state index is -1.60. The number of hydrogen-bond donors (Lipinski definition) is 1. The van der Waals surface area contributed by atoms with Crippen molar-refractivity contribution in [1.29, 1.82) is 5.26 Å². The maximum Gasteiger partial charge on any atom is 0.208 e. The van der Waals surface area contributed by atoms with Crippen LogP contribution in [0.5, 0.6) is 0 Å². The summed E-state index contributed by atoms with van der Waals surface area (Å²) in [5, 5.41) is 11.3. The summed E-state index contributed by atoms with van der Waals surface area (Å²) in [5.74, 6) is 0. The van der Waals surface area contributed by atoms with Crippen molar-refractivity contribution >= 4 is 0 Å². The SMILES string of the molecule is N#CC1(F)CCCCNC1. The molecule has 1 N–H and O–H groups in total. The molecule has 1 aliphatic heterocycles. The van der Waals surface area contributed by atoms with Gasteiger partial charge in [-0.05, 0) is 25.8 Å². The highest BCUT2D eigenvalue weighted by molar-refractivity contribution is 5.02. The number of nitriles is 1. The first kappa shape index (κ1) is 7.49. The van der Waals surface area contributed by atoms with Gasteiger partial charge in [0.1, 0.15) is 6.07 Å². The Morgan fingerprint density at radius 2 is 2.30 bits per heavy atom. The fourth-order valence-corrected chi connectivity index (χ4v) is 1.13. The maximum atomic E-state index is 13.1. The van der Waals surface area contributed by atoms with E-state index in [1.165, 1.54) is 0 Å². The van der Waals surface area contributed by atoms with Crippen molar-refractivity contribution in [3.05, 3.63) is 0 Å². The van der Waals surface area contributed by atoms with E-state index < -0.39 is 5.67 Å². The molecule has 0 saturated carbocycles. The zero-order chi connectivity index (χ0) is 7.45. The van der Waals surface area contributed by atoms with E-state index >= 15 is 0 Å². The summed E-state index contributed by atoms with van der Waals surface area (Å²) in [4.78, 5) is 0. The molecule has 0 amide bonds. The Morgan fingerprint density at radius 1 is 1.50 bits per heavy atom. The van der Waals surface area contributed by atoms with E-state index in [1.54, 1.807) is 6.07 Å². The largest absolute Gasteiger partial charge is 0.313 e. The van der Waals surface area contributed by atoms with Crippen LogP contribution in [0, 0.1) is 11.3 Å². The molecule has 0 aromatic rings. The molecule has 0 aromatic heterocycles. The van der Waals surface area contributed by atoms with Crippen molar-refractivity contribution in [2.75, 3.05) is 13.1 Å². The Morgan fingerprint density at radius 3 is 3.00 bits per heavy atom. The van der Waals surface area contributed by atoms with Crippen molar-refractivity contribution in [2.45, 2.75) is 24.9 Å². The van der Waals surface area contributed by atoms with Crippen LogP contribution < -0.4 is 5.32 Å². The molecule has 2 nitrogen and oxygen atoms in total. The smallest absolute Gasteiger partial charge is 0.208 e. The molecule has 0 spiro atoms. The highest BCUT2D eigenvalue weighted by Crippen LogP contribution is 2.19. The fraction of sp³-hybridized carbons (Fsp3) is 0.857. The Labute approximate surface area is 60.0 Å². The summed E-state index contributed by atoms with van der Waals surface area (Å²) in [6.07, 6.45) is 2.18. The molecular formula is C7H11FN2. The van der Waals surface area contributed by atoms with Gasteiger partial charge in [0.15, 0.2) is 0 Å². The number of halogens is 1. The summed E-state index contributed by atoms with van der Waals surface area (Å²) >= 11 is 0. The van der Waals surface area contributed by atoms with Crippen LogP contribution in [-0.2, 0) is 0 Å². The lowest BCUT2D eigenvalue weighted by atomic mass is 10.0. The highest BCUT2D eigenvalue weighted by Gasteiger charge is 2.29. The number of hydrogen-bond acceptors (Lipinski definition) is 2. The zero-order valence-corrected chi connectivity index (χ0v) is 5.86. The lowest BCUT2D eigenvalue weighted by Gasteiger charge is -2.12.